The zero-order valence-electron chi connectivity index (χ0n) is 7.09. The van der Waals surface area contributed by atoms with E-state index < -0.39 is 0 Å². The molecule has 0 aromatic heterocycles. The molecule has 2 N–H and O–H groups in total. The average molecular weight is 159 g/mol. The Balaban J connectivity index is 3.01. The molecule has 0 radical (unpaired) electrons. The molecule has 1 heteroatoms. The fourth-order valence-electron chi connectivity index (χ4n) is 1.02. The lowest BCUT2D eigenvalue weighted by Gasteiger charge is -2.02. The maximum absolute atomic E-state index is 5.50. The van der Waals surface area contributed by atoms with Gasteiger partial charge in [-0.15, -0.1) is 0 Å². The molecule has 0 fully saturated rings. The standard InChI is InChI=1S/C11H13N/c1-3-9(2)11-6-4-5-10(7-11)8-12/h3-7H,1-2,8,12H2. The first-order chi connectivity index (χ1) is 5.77. The molecule has 0 bridgehead atoms. The molecule has 0 saturated heterocycles. The highest BCUT2D eigenvalue weighted by Gasteiger charge is 1.94. The molecule has 1 aromatic carbocycles. The van der Waals surface area contributed by atoms with Crippen molar-refractivity contribution in [1.29, 1.82) is 0 Å². The van der Waals surface area contributed by atoms with Gasteiger partial charge in [-0.2, -0.15) is 0 Å². The Hall–Kier alpha value is -1.34. The number of hydrogen-bond donors (Lipinski definition) is 1. The minimum Gasteiger partial charge on any atom is -0.326 e. The summed E-state index contributed by atoms with van der Waals surface area (Å²) in [5, 5.41) is 0. The SMILES string of the molecule is C=CC(=C)c1cccc(CN)c1. The molecule has 1 nitrogen and oxygen atoms in total. The highest BCUT2D eigenvalue weighted by Crippen LogP contribution is 2.14. The Labute approximate surface area is 73.2 Å². The molecule has 1 rings (SSSR count). The summed E-state index contributed by atoms with van der Waals surface area (Å²) in [6, 6.07) is 8.01. The highest BCUT2D eigenvalue weighted by atomic mass is 14.5. The van der Waals surface area contributed by atoms with Gasteiger partial charge in [0.2, 0.25) is 0 Å². The predicted octanol–water partition coefficient (Wildman–Crippen LogP) is 2.34. The topological polar surface area (TPSA) is 26.0 Å². The van der Waals surface area contributed by atoms with Crippen molar-refractivity contribution in [2.45, 2.75) is 6.54 Å². The summed E-state index contributed by atoms with van der Waals surface area (Å²) in [4.78, 5) is 0. The van der Waals surface area contributed by atoms with Gasteiger partial charge in [0, 0.05) is 6.54 Å². The maximum atomic E-state index is 5.50. The Morgan fingerprint density at radius 1 is 1.50 bits per heavy atom. The van der Waals surface area contributed by atoms with E-state index in [-0.39, 0.29) is 0 Å². The van der Waals surface area contributed by atoms with Crippen LogP contribution >= 0.6 is 0 Å². The van der Waals surface area contributed by atoms with E-state index in [9.17, 15) is 0 Å². The van der Waals surface area contributed by atoms with E-state index in [4.69, 9.17) is 5.73 Å². The van der Waals surface area contributed by atoms with Gasteiger partial charge in [0.05, 0.1) is 0 Å². The minimum absolute atomic E-state index is 0.568. The van der Waals surface area contributed by atoms with Crippen LogP contribution < -0.4 is 5.73 Å². The second kappa shape index (κ2) is 3.88. The van der Waals surface area contributed by atoms with Gasteiger partial charge in [-0.25, -0.2) is 0 Å². The van der Waals surface area contributed by atoms with E-state index in [1.165, 1.54) is 0 Å². The normalized spacial score (nSPS) is 9.42. The third kappa shape index (κ3) is 1.83. The largest absolute Gasteiger partial charge is 0.326 e. The van der Waals surface area contributed by atoms with Gasteiger partial charge in [-0.05, 0) is 22.8 Å². The van der Waals surface area contributed by atoms with E-state index in [0.29, 0.717) is 6.54 Å². The molecular weight excluding hydrogens is 146 g/mol. The van der Waals surface area contributed by atoms with Crippen molar-refractivity contribution in [3.05, 3.63) is 54.6 Å². The van der Waals surface area contributed by atoms with Crippen molar-refractivity contribution in [2.75, 3.05) is 0 Å². The molecule has 0 spiro atoms. The third-order valence-electron chi connectivity index (χ3n) is 1.78. The summed E-state index contributed by atoms with van der Waals surface area (Å²) in [5.41, 5.74) is 8.65. The van der Waals surface area contributed by atoms with Gasteiger partial charge in [-0.1, -0.05) is 37.4 Å². The third-order valence-corrected chi connectivity index (χ3v) is 1.78. The maximum Gasteiger partial charge on any atom is 0.0178 e. The Kier molecular flexibility index (Phi) is 2.83. The van der Waals surface area contributed by atoms with Crippen molar-refractivity contribution in [3.8, 4) is 0 Å². The molecular formula is C11H13N. The summed E-state index contributed by atoms with van der Waals surface area (Å²) < 4.78 is 0. The zero-order chi connectivity index (χ0) is 8.97. The molecule has 0 saturated carbocycles. The minimum atomic E-state index is 0.568. The highest BCUT2D eigenvalue weighted by molar-refractivity contribution is 5.71. The van der Waals surface area contributed by atoms with Gasteiger partial charge in [-0.3, -0.25) is 0 Å². The van der Waals surface area contributed by atoms with Gasteiger partial charge in [0.25, 0.3) is 0 Å². The first-order valence-electron chi connectivity index (χ1n) is 3.88. The second-order valence-corrected chi connectivity index (χ2v) is 2.63. The van der Waals surface area contributed by atoms with Gasteiger partial charge >= 0.3 is 0 Å². The molecule has 0 unspecified atom stereocenters. The molecule has 0 amide bonds. The van der Waals surface area contributed by atoms with Gasteiger partial charge in [0.1, 0.15) is 0 Å². The monoisotopic (exact) mass is 159 g/mol. The van der Waals surface area contributed by atoms with Crippen LogP contribution in [-0.2, 0) is 6.54 Å². The van der Waals surface area contributed by atoms with Gasteiger partial charge in [0.15, 0.2) is 0 Å². The number of nitrogens with two attached hydrogens (primary N) is 1. The van der Waals surface area contributed by atoms with Crippen LogP contribution in [0.15, 0.2) is 43.5 Å². The van der Waals surface area contributed by atoms with Crippen LogP contribution in [0.3, 0.4) is 0 Å². The van der Waals surface area contributed by atoms with Crippen LogP contribution in [0.25, 0.3) is 5.57 Å². The predicted molar refractivity (Wildman–Crippen MR) is 53.6 cm³/mol. The van der Waals surface area contributed by atoms with Crippen LogP contribution in [0.1, 0.15) is 11.1 Å². The Morgan fingerprint density at radius 3 is 2.83 bits per heavy atom. The summed E-state index contributed by atoms with van der Waals surface area (Å²) >= 11 is 0. The van der Waals surface area contributed by atoms with Crippen molar-refractivity contribution in [1.82, 2.24) is 0 Å². The smallest absolute Gasteiger partial charge is 0.0178 e. The van der Waals surface area contributed by atoms with Crippen molar-refractivity contribution in [2.24, 2.45) is 5.73 Å². The molecule has 62 valence electrons. The molecule has 0 atom stereocenters. The molecule has 0 aliphatic heterocycles. The van der Waals surface area contributed by atoms with E-state index in [2.05, 4.69) is 13.2 Å². The Bertz CT molecular complexity index is 300. The van der Waals surface area contributed by atoms with Crippen molar-refractivity contribution < 1.29 is 0 Å². The van der Waals surface area contributed by atoms with Crippen molar-refractivity contribution >= 4 is 5.57 Å². The summed E-state index contributed by atoms with van der Waals surface area (Å²) in [6.07, 6.45) is 1.75. The summed E-state index contributed by atoms with van der Waals surface area (Å²) in [7, 11) is 0. The van der Waals surface area contributed by atoms with E-state index in [1.54, 1.807) is 6.08 Å². The number of hydrogen-bond acceptors (Lipinski definition) is 1. The van der Waals surface area contributed by atoms with Crippen LogP contribution in [0.2, 0.25) is 0 Å². The van der Waals surface area contributed by atoms with Crippen LogP contribution in [0.4, 0.5) is 0 Å². The fraction of sp³-hybridized carbons (Fsp3) is 0.0909. The zero-order valence-corrected chi connectivity index (χ0v) is 7.09. The van der Waals surface area contributed by atoms with Crippen LogP contribution in [0, 0.1) is 0 Å². The molecule has 0 aliphatic rings. The van der Waals surface area contributed by atoms with E-state index >= 15 is 0 Å². The fourth-order valence-corrected chi connectivity index (χ4v) is 1.02. The quantitative estimate of drug-likeness (QED) is 0.673. The Morgan fingerprint density at radius 2 is 2.25 bits per heavy atom. The molecule has 12 heavy (non-hydrogen) atoms. The van der Waals surface area contributed by atoms with Gasteiger partial charge < -0.3 is 5.73 Å². The first-order valence-corrected chi connectivity index (χ1v) is 3.88. The molecule has 0 heterocycles. The summed E-state index contributed by atoms with van der Waals surface area (Å²) in [6.45, 7) is 8.09. The first kappa shape index (κ1) is 8.75. The lowest BCUT2D eigenvalue weighted by Crippen LogP contribution is -1.96. The van der Waals surface area contributed by atoms with Crippen molar-refractivity contribution in [3.63, 3.8) is 0 Å². The number of allylic oxidation sites excluding steroid dienone is 2. The van der Waals surface area contributed by atoms with E-state index in [0.717, 1.165) is 16.7 Å². The van der Waals surface area contributed by atoms with E-state index in [1.807, 2.05) is 24.3 Å². The van der Waals surface area contributed by atoms with Crippen LogP contribution in [-0.4, -0.2) is 0 Å². The number of rotatable bonds is 3. The number of benzene rings is 1. The average Bonchev–Trinajstić information content (AvgIpc) is 2.17. The summed E-state index contributed by atoms with van der Waals surface area (Å²) in [5.74, 6) is 0. The second-order valence-electron chi connectivity index (χ2n) is 2.63. The van der Waals surface area contributed by atoms with Crippen LogP contribution in [0.5, 0.6) is 0 Å². The molecule has 0 aliphatic carbocycles. The lowest BCUT2D eigenvalue weighted by atomic mass is 10.0. The lowest BCUT2D eigenvalue weighted by molar-refractivity contribution is 1.07. The molecule has 1 aromatic rings.